The second kappa shape index (κ2) is 6.32. The number of piperidine rings is 2. The number of rotatable bonds is 3. The number of aliphatic hydroxyl groups is 1. The molecule has 0 radical (unpaired) electrons. The minimum Gasteiger partial charge on any atom is -0.389 e. The zero-order valence-electron chi connectivity index (χ0n) is 12.5. The fourth-order valence-electron chi connectivity index (χ4n) is 3.65. The Labute approximate surface area is 125 Å². The van der Waals surface area contributed by atoms with Gasteiger partial charge >= 0.3 is 0 Å². The molecule has 3 aliphatic rings. The van der Waals surface area contributed by atoms with E-state index in [1.807, 2.05) is 4.90 Å². The molecule has 3 fully saturated rings. The maximum absolute atomic E-state index is 12.6. The average Bonchev–Trinajstić information content (AvgIpc) is 2.47. The van der Waals surface area contributed by atoms with Gasteiger partial charge < -0.3 is 20.2 Å². The monoisotopic (exact) mass is 295 g/mol. The van der Waals surface area contributed by atoms with Crippen LogP contribution in [0.2, 0.25) is 0 Å². The lowest BCUT2D eigenvalue weighted by atomic mass is 9.90. The highest BCUT2D eigenvalue weighted by atomic mass is 16.3. The second-order valence-electron chi connectivity index (χ2n) is 6.51. The summed E-state index contributed by atoms with van der Waals surface area (Å²) in [6, 6.07) is 0.350. The van der Waals surface area contributed by atoms with Crippen molar-refractivity contribution in [2.24, 2.45) is 5.92 Å². The minimum absolute atomic E-state index is 0.0193. The third-order valence-electron chi connectivity index (χ3n) is 4.97. The molecule has 0 aromatic carbocycles. The average molecular weight is 295 g/mol. The summed E-state index contributed by atoms with van der Waals surface area (Å²) in [5.41, 5.74) is 0. The third kappa shape index (κ3) is 3.21. The van der Waals surface area contributed by atoms with Gasteiger partial charge in [-0.05, 0) is 38.8 Å². The van der Waals surface area contributed by atoms with Crippen LogP contribution >= 0.6 is 0 Å². The van der Waals surface area contributed by atoms with Gasteiger partial charge in [0.05, 0.1) is 6.10 Å². The summed E-state index contributed by atoms with van der Waals surface area (Å²) in [4.78, 5) is 28.4. The summed E-state index contributed by atoms with van der Waals surface area (Å²) in [5, 5.41) is 12.6. The second-order valence-corrected chi connectivity index (χ2v) is 6.51. The van der Waals surface area contributed by atoms with Gasteiger partial charge in [-0.25, -0.2) is 0 Å². The highest BCUT2D eigenvalue weighted by Crippen LogP contribution is 2.26. The van der Waals surface area contributed by atoms with E-state index in [0.717, 1.165) is 45.3 Å². The number of nitrogens with zero attached hydrogens (tertiary/aromatic N) is 2. The van der Waals surface area contributed by atoms with E-state index in [0.29, 0.717) is 25.6 Å². The Bertz CT molecular complexity index is 403. The number of carbonyl (C=O) groups excluding carboxylic acids is 2. The Hall–Kier alpha value is -1.14. The van der Waals surface area contributed by atoms with Crippen LogP contribution in [-0.4, -0.2) is 71.6 Å². The van der Waals surface area contributed by atoms with Gasteiger partial charge in [0, 0.05) is 38.0 Å². The van der Waals surface area contributed by atoms with E-state index in [1.165, 1.54) is 0 Å². The van der Waals surface area contributed by atoms with E-state index < -0.39 is 0 Å². The normalized spacial score (nSPS) is 28.6. The molecular weight excluding hydrogens is 270 g/mol. The van der Waals surface area contributed by atoms with Crippen molar-refractivity contribution in [3.63, 3.8) is 0 Å². The predicted octanol–water partition coefficient (Wildman–Crippen LogP) is -0.430. The van der Waals surface area contributed by atoms with Crippen LogP contribution < -0.4 is 5.32 Å². The number of likely N-dealkylation sites (tertiary alicyclic amines) is 2. The molecule has 1 unspecified atom stereocenters. The number of hydrogen-bond acceptors (Lipinski definition) is 4. The molecule has 6 nitrogen and oxygen atoms in total. The largest absolute Gasteiger partial charge is 0.389 e. The van der Waals surface area contributed by atoms with Crippen molar-refractivity contribution in [3.05, 3.63) is 0 Å². The van der Waals surface area contributed by atoms with Gasteiger partial charge in [-0.15, -0.1) is 0 Å². The van der Waals surface area contributed by atoms with Crippen LogP contribution in [0.15, 0.2) is 0 Å². The molecule has 118 valence electrons. The quantitative estimate of drug-likeness (QED) is 0.741. The van der Waals surface area contributed by atoms with Gasteiger partial charge in [0.25, 0.3) is 0 Å². The fraction of sp³-hybridized carbons (Fsp3) is 0.867. The molecule has 2 N–H and O–H groups in total. The summed E-state index contributed by atoms with van der Waals surface area (Å²) in [6.45, 7) is 3.65. The van der Waals surface area contributed by atoms with Crippen LogP contribution in [0.1, 0.15) is 32.1 Å². The molecule has 0 aromatic heterocycles. The van der Waals surface area contributed by atoms with Crippen molar-refractivity contribution in [3.8, 4) is 0 Å². The van der Waals surface area contributed by atoms with Gasteiger partial charge in [0.15, 0.2) is 0 Å². The van der Waals surface area contributed by atoms with Crippen LogP contribution in [-0.2, 0) is 9.59 Å². The van der Waals surface area contributed by atoms with E-state index in [-0.39, 0.29) is 23.8 Å². The molecule has 0 saturated carbocycles. The molecule has 0 aliphatic carbocycles. The van der Waals surface area contributed by atoms with E-state index in [4.69, 9.17) is 0 Å². The Kier molecular flexibility index (Phi) is 4.45. The molecule has 3 saturated heterocycles. The Morgan fingerprint density at radius 3 is 2.62 bits per heavy atom. The molecule has 21 heavy (non-hydrogen) atoms. The van der Waals surface area contributed by atoms with Crippen LogP contribution in [0.4, 0.5) is 0 Å². The van der Waals surface area contributed by atoms with Gasteiger partial charge in [-0.3, -0.25) is 9.59 Å². The SMILES string of the molecule is O=C(CC1CCCN(C2CCNCC2)C1=O)N1CC(O)C1. The van der Waals surface area contributed by atoms with Gasteiger partial charge in [-0.2, -0.15) is 0 Å². The number of hydrogen-bond donors (Lipinski definition) is 2. The summed E-state index contributed by atoms with van der Waals surface area (Å²) in [7, 11) is 0. The Morgan fingerprint density at radius 1 is 1.24 bits per heavy atom. The van der Waals surface area contributed by atoms with Crippen molar-refractivity contribution in [2.75, 3.05) is 32.7 Å². The Balaban J connectivity index is 1.55. The molecule has 0 bridgehead atoms. The van der Waals surface area contributed by atoms with Crippen LogP contribution in [0, 0.1) is 5.92 Å². The molecule has 3 heterocycles. The lowest BCUT2D eigenvalue weighted by molar-refractivity contribution is -0.150. The summed E-state index contributed by atoms with van der Waals surface area (Å²) in [6.07, 6.45) is 3.79. The first-order chi connectivity index (χ1) is 10.1. The van der Waals surface area contributed by atoms with Crippen LogP contribution in [0.3, 0.4) is 0 Å². The predicted molar refractivity (Wildman–Crippen MR) is 77.5 cm³/mol. The number of amides is 2. The van der Waals surface area contributed by atoms with Gasteiger partial charge in [0.1, 0.15) is 0 Å². The fourth-order valence-corrected chi connectivity index (χ4v) is 3.65. The molecule has 2 amide bonds. The van der Waals surface area contributed by atoms with Crippen LogP contribution in [0.5, 0.6) is 0 Å². The summed E-state index contributed by atoms with van der Waals surface area (Å²) < 4.78 is 0. The number of aliphatic hydroxyl groups excluding tert-OH is 1. The first-order valence-corrected chi connectivity index (χ1v) is 8.12. The first kappa shape index (κ1) is 14.8. The van der Waals surface area contributed by atoms with Crippen molar-refractivity contribution in [2.45, 2.75) is 44.2 Å². The molecule has 0 aromatic rings. The molecule has 1 atom stereocenters. The molecule has 3 rings (SSSR count). The zero-order chi connectivity index (χ0) is 14.8. The third-order valence-corrected chi connectivity index (χ3v) is 4.97. The summed E-state index contributed by atoms with van der Waals surface area (Å²) in [5.74, 6) is 0.0345. The lowest BCUT2D eigenvalue weighted by Gasteiger charge is -2.41. The smallest absolute Gasteiger partial charge is 0.226 e. The van der Waals surface area contributed by atoms with Crippen molar-refractivity contribution >= 4 is 11.8 Å². The molecule has 3 aliphatic heterocycles. The lowest BCUT2D eigenvalue weighted by Crippen LogP contribution is -2.55. The number of β-amino-alcohol motifs (C(OH)–C–C–N with tert-alkyl or cyclic N) is 1. The zero-order valence-corrected chi connectivity index (χ0v) is 12.5. The van der Waals surface area contributed by atoms with E-state index in [1.54, 1.807) is 4.90 Å². The van der Waals surface area contributed by atoms with Crippen molar-refractivity contribution in [1.29, 1.82) is 0 Å². The van der Waals surface area contributed by atoms with Crippen molar-refractivity contribution in [1.82, 2.24) is 15.1 Å². The molecular formula is C15H25N3O3. The maximum atomic E-state index is 12.6. The van der Waals surface area contributed by atoms with Gasteiger partial charge in [-0.1, -0.05) is 0 Å². The highest BCUT2D eigenvalue weighted by molar-refractivity contribution is 5.86. The molecule has 0 spiro atoms. The minimum atomic E-state index is -0.373. The van der Waals surface area contributed by atoms with Crippen molar-refractivity contribution < 1.29 is 14.7 Å². The van der Waals surface area contributed by atoms with Crippen LogP contribution in [0.25, 0.3) is 0 Å². The van der Waals surface area contributed by atoms with Gasteiger partial charge in [0.2, 0.25) is 11.8 Å². The molecule has 6 heteroatoms. The highest BCUT2D eigenvalue weighted by Gasteiger charge is 2.37. The standard InChI is InChI=1S/C15H25N3O3/c19-13-9-17(10-13)14(20)8-11-2-1-7-18(15(11)21)12-3-5-16-6-4-12/h11-13,16,19H,1-10H2. The topological polar surface area (TPSA) is 72.9 Å². The summed E-state index contributed by atoms with van der Waals surface area (Å²) >= 11 is 0. The van der Waals surface area contributed by atoms with E-state index in [9.17, 15) is 14.7 Å². The maximum Gasteiger partial charge on any atom is 0.226 e. The van der Waals surface area contributed by atoms with E-state index in [2.05, 4.69) is 5.32 Å². The number of nitrogens with one attached hydrogen (secondary N) is 1. The Morgan fingerprint density at radius 2 is 1.95 bits per heavy atom. The van der Waals surface area contributed by atoms with E-state index >= 15 is 0 Å². The first-order valence-electron chi connectivity index (χ1n) is 8.12. The number of carbonyl (C=O) groups is 2.